The maximum absolute atomic E-state index is 12.7. The van der Waals surface area contributed by atoms with E-state index in [1.165, 1.54) is 4.68 Å². The number of nitrogens with zero attached hydrogens (tertiary/aromatic N) is 2. The highest BCUT2D eigenvalue weighted by Crippen LogP contribution is 2.18. The molecule has 2 amide bonds. The first-order valence-corrected chi connectivity index (χ1v) is 10.2. The summed E-state index contributed by atoms with van der Waals surface area (Å²) in [5.41, 5.74) is 1.57. The standard InChI is InChI=1S/C25H22N4O4/c1-28-16-22(25(32)29(28)20-12-6-3-7-13-20)27-23(30)17-33-21-14-8-11-19(15-21)26-24(31)18-9-4-2-5-10-18/h2-16H,17H2,1H3,(H,26,31)(H,27,30). The quantitative estimate of drug-likeness (QED) is 0.458. The summed E-state index contributed by atoms with van der Waals surface area (Å²) < 4.78 is 8.61. The Morgan fingerprint density at radius 2 is 1.58 bits per heavy atom. The van der Waals surface area contributed by atoms with Gasteiger partial charge in [0.1, 0.15) is 11.4 Å². The molecule has 0 atom stereocenters. The largest absolute Gasteiger partial charge is 0.484 e. The summed E-state index contributed by atoms with van der Waals surface area (Å²) in [5, 5.41) is 5.38. The molecule has 1 aromatic heterocycles. The van der Waals surface area contributed by atoms with Crippen molar-refractivity contribution < 1.29 is 14.3 Å². The van der Waals surface area contributed by atoms with E-state index >= 15 is 0 Å². The molecule has 166 valence electrons. The Bertz CT molecular complexity index is 1330. The molecule has 0 saturated carbocycles. The molecule has 0 radical (unpaired) electrons. The molecular weight excluding hydrogens is 420 g/mol. The van der Waals surface area contributed by atoms with E-state index in [9.17, 15) is 14.4 Å². The summed E-state index contributed by atoms with van der Waals surface area (Å²) >= 11 is 0. The molecular formula is C25H22N4O4. The van der Waals surface area contributed by atoms with E-state index in [1.54, 1.807) is 78.6 Å². The van der Waals surface area contributed by atoms with E-state index in [0.29, 0.717) is 22.7 Å². The molecule has 0 bridgehead atoms. The molecule has 0 fully saturated rings. The maximum atomic E-state index is 12.7. The Morgan fingerprint density at radius 1 is 0.879 bits per heavy atom. The number of para-hydroxylation sites is 1. The number of rotatable bonds is 7. The van der Waals surface area contributed by atoms with Gasteiger partial charge in [0.25, 0.3) is 17.4 Å². The zero-order valence-electron chi connectivity index (χ0n) is 17.9. The van der Waals surface area contributed by atoms with Gasteiger partial charge in [-0.25, -0.2) is 4.68 Å². The number of amides is 2. The van der Waals surface area contributed by atoms with Gasteiger partial charge >= 0.3 is 0 Å². The molecule has 0 aliphatic heterocycles. The fourth-order valence-electron chi connectivity index (χ4n) is 3.30. The minimum atomic E-state index is -0.475. The molecule has 2 N–H and O–H groups in total. The number of nitrogens with one attached hydrogen (secondary N) is 2. The molecule has 1 heterocycles. The summed E-state index contributed by atoms with van der Waals surface area (Å²) in [7, 11) is 1.72. The van der Waals surface area contributed by atoms with Crippen LogP contribution in [0.15, 0.2) is 95.9 Å². The Morgan fingerprint density at radius 3 is 2.30 bits per heavy atom. The topological polar surface area (TPSA) is 94.4 Å². The van der Waals surface area contributed by atoms with Gasteiger partial charge in [-0.05, 0) is 36.4 Å². The van der Waals surface area contributed by atoms with Crippen molar-refractivity contribution in [2.45, 2.75) is 0 Å². The molecule has 8 nitrogen and oxygen atoms in total. The van der Waals surface area contributed by atoms with Crippen LogP contribution in [0.25, 0.3) is 5.69 Å². The van der Waals surface area contributed by atoms with Crippen LogP contribution in [0.1, 0.15) is 10.4 Å². The number of carbonyl (C=O) groups excluding carboxylic acids is 2. The highest BCUT2D eigenvalue weighted by atomic mass is 16.5. The van der Waals surface area contributed by atoms with Crippen molar-refractivity contribution >= 4 is 23.2 Å². The van der Waals surface area contributed by atoms with Crippen LogP contribution in [0, 0.1) is 0 Å². The number of ether oxygens (including phenoxy) is 1. The van der Waals surface area contributed by atoms with Crippen molar-refractivity contribution in [2.75, 3.05) is 17.2 Å². The molecule has 8 heteroatoms. The SMILES string of the molecule is Cn1cc(NC(=O)COc2cccc(NC(=O)c3ccccc3)c2)c(=O)n1-c1ccccc1. The number of anilines is 2. The summed E-state index contributed by atoms with van der Waals surface area (Å²) in [5.74, 6) is -0.313. The normalized spacial score (nSPS) is 10.5. The van der Waals surface area contributed by atoms with E-state index in [0.717, 1.165) is 0 Å². The fourth-order valence-corrected chi connectivity index (χ4v) is 3.30. The lowest BCUT2D eigenvalue weighted by Crippen LogP contribution is -2.25. The van der Waals surface area contributed by atoms with Crippen LogP contribution in [0.4, 0.5) is 11.4 Å². The zero-order chi connectivity index (χ0) is 23.2. The Labute approximate surface area is 190 Å². The van der Waals surface area contributed by atoms with E-state index in [2.05, 4.69) is 10.6 Å². The van der Waals surface area contributed by atoms with Crippen LogP contribution in [0.5, 0.6) is 5.75 Å². The molecule has 0 aliphatic rings. The van der Waals surface area contributed by atoms with Crippen molar-refractivity contribution in [3.05, 3.63) is 107 Å². The molecule has 4 aromatic rings. The zero-order valence-corrected chi connectivity index (χ0v) is 17.9. The highest BCUT2D eigenvalue weighted by molar-refractivity contribution is 6.04. The maximum Gasteiger partial charge on any atom is 0.295 e. The first-order valence-electron chi connectivity index (χ1n) is 10.2. The first kappa shape index (κ1) is 21.6. The van der Waals surface area contributed by atoms with Crippen LogP contribution in [0.2, 0.25) is 0 Å². The minimum absolute atomic E-state index is 0.152. The number of aryl methyl sites for hydroxylation is 1. The Balaban J connectivity index is 1.38. The molecule has 4 rings (SSSR count). The van der Waals surface area contributed by atoms with Gasteiger partial charge in [0.15, 0.2) is 6.61 Å². The van der Waals surface area contributed by atoms with E-state index < -0.39 is 5.91 Å². The third-order valence-corrected chi connectivity index (χ3v) is 4.83. The van der Waals surface area contributed by atoms with Crippen LogP contribution >= 0.6 is 0 Å². The van der Waals surface area contributed by atoms with Crippen LogP contribution in [-0.4, -0.2) is 27.8 Å². The third-order valence-electron chi connectivity index (χ3n) is 4.83. The van der Waals surface area contributed by atoms with Gasteiger partial charge in [0.05, 0.1) is 11.9 Å². The second-order valence-corrected chi connectivity index (χ2v) is 7.25. The lowest BCUT2D eigenvalue weighted by Gasteiger charge is -2.09. The summed E-state index contributed by atoms with van der Waals surface area (Å²) in [4.78, 5) is 37.4. The molecule has 0 saturated heterocycles. The third kappa shape index (κ3) is 5.19. The predicted octanol–water partition coefficient (Wildman–Crippen LogP) is 3.45. The molecule has 0 aliphatic carbocycles. The average molecular weight is 442 g/mol. The Kier molecular flexibility index (Phi) is 6.36. The number of hydrogen-bond donors (Lipinski definition) is 2. The number of benzene rings is 3. The van der Waals surface area contributed by atoms with Crippen molar-refractivity contribution in [1.29, 1.82) is 0 Å². The van der Waals surface area contributed by atoms with E-state index in [1.807, 2.05) is 24.3 Å². The van der Waals surface area contributed by atoms with Crippen molar-refractivity contribution in [1.82, 2.24) is 9.36 Å². The van der Waals surface area contributed by atoms with Gasteiger partial charge in [0, 0.05) is 24.4 Å². The second-order valence-electron chi connectivity index (χ2n) is 7.25. The van der Waals surface area contributed by atoms with Gasteiger partial charge in [-0.2, -0.15) is 0 Å². The van der Waals surface area contributed by atoms with E-state index in [4.69, 9.17) is 4.74 Å². The number of carbonyl (C=O) groups is 2. The monoisotopic (exact) mass is 442 g/mol. The lowest BCUT2D eigenvalue weighted by atomic mass is 10.2. The minimum Gasteiger partial charge on any atom is -0.484 e. The van der Waals surface area contributed by atoms with Crippen LogP contribution in [-0.2, 0) is 11.8 Å². The summed E-state index contributed by atoms with van der Waals surface area (Å²) in [6.45, 7) is -0.296. The average Bonchev–Trinajstić information content (AvgIpc) is 3.11. The molecule has 3 aromatic carbocycles. The predicted molar refractivity (Wildman–Crippen MR) is 126 cm³/mol. The fraction of sp³-hybridized carbons (Fsp3) is 0.0800. The second kappa shape index (κ2) is 9.69. The van der Waals surface area contributed by atoms with Crippen LogP contribution < -0.4 is 20.9 Å². The number of aromatic nitrogens is 2. The summed E-state index contributed by atoms with van der Waals surface area (Å²) in [6, 6.07) is 24.7. The van der Waals surface area contributed by atoms with Crippen molar-refractivity contribution in [3.8, 4) is 11.4 Å². The van der Waals surface area contributed by atoms with Crippen molar-refractivity contribution in [3.63, 3.8) is 0 Å². The first-order chi connectivity index (χ1) is 16.0. The van der Waals surface area contributed by atoms with Gasteiger partial charge in [0.2, 0.25) is 0 Å². The highest BCUT2D eigenvalue weighted by Gasteiger charge is 2.14. The van der Waals surface area contributed by atoms with Gasteiger partial charge in [-0.3, -0.25) is 19.1 Å². The molecule has 33 heavy (non-hydrogen) atoms. The van der Waals surface area contributed by atoms with Gasteiger partial charge in [-0.15, -0.1) is 0 Å². The van der Waals surface area contributed by atoms with Gasteiger partial charge < -0.3 is 15.4 Å². The lowest BCUT2D eigenvalue weighted by molar-refractivity contribution is -0.118. The summed E-state index contributed by atoms with van der Waals surface area (Å²) in [6.07, 6.45) is 1.55. The van der Waals surface area contributed by atoms with E-state index in [-0.39, 0.29) is 23.8 Å². The van der Waals surface area contributed by atoms with Crippen LogP contribution in [0.3, 0.4) is 0 Å². The molecule has 0 spiro atoms. The van der Waals surface area contributed by atoms with Crippen molar-refractivity contribution in [2.24, 2.45) is 7.05 Å². The molecule has 0 unspecified atom stereocenters. The van der Waals surface area contributed by atoms with Gasteiger partial charge in [-0.1, -0.05) is 42.5 Å². The number of hydrogen-bond acceptors (Lipinski definition) is 4. The Hall–Kier alpha value is -4.59. The smallest absolute Gasteiger partial charge is 0.295 e.